The van der Waals surface area contributed by atoms with Crippen LogP contribution in [0.2, 0.25) is 0 Å². The first kappa shape index (κ1) is 15.0. The summed E-state index contributed by atoms with van der Waals surface area (Å²) in [5.41, 5.74) is 1.88. The Morgan fingerprint density at radius 3 is 2.55 bits per heavy atom. The first-order valence-corrected chi connectivity index (χ1v) is 8.03. The van der Waals surface area contributed by atoms with Gasteiger partial charge in [-0.3, -0.25) is 4.79 Å². The molecular formula is C14H19NO4S. The Bertz CT molecular complexity index is 624. The Balaban J connectivity index is 2.14. The zero-order valence-corrected chi connectivity index (χ0v) is 12.7. The number of hydrogen-bond acceptors (Lipinski definition) is 4. The minimum absolute atomic E-state index is 0.00456. The van der Waals surface area contributed by atoms with Crippen LogP contribution in [0.5, 0.6) is 0 Å². The molecule has 1 aliphatic heterocycles. The zero-order chi connectivity index (χ0) is 14.9. The van der Waals surface area contributed by atoms with Crippen LogP contribution in [0.1, 0.15) is 24.5 Å². The van der Waals surface area contributed by atoms with Crippen molar-refractivity contribution in [3.05, 3.63) is 29.3 Å². The molecule has 2 rings (SSSR count). The molecule has 1 saturated heterocycles. The van der Waals surface area contributed by atoms with E-state index < -0.39 is 21.8 Å². The quantitative estimate of drug-likeness (QED) is 0.918. The lowest BCUT2D eigenvalue weighted by Crippen LogP contribution is -2.36. The molecule has 0 aromatic heterocycles. The standard InChI is InChI=1S/C14H19NO4S/c1-9-4-5-13(6-10(9)2)20(17,18)15-14(16)12-7-11(3)19-8-12/h4-6,11-12H,7-8H2,1-3H3,(H,15,16). The molecule has 0 saturated carbocycles. The van der Waals surface area contributed by atoms with Crippen LogP contribution in [-0.2, 0) is 19.6 Å². The predicted molar refractivity (Wildman–Crippen MR) is 74.8 cm³/mol. The summed E-state index contributed by atoms with van der Waals surface area (Å²) in [7, 11) is -3.81. The van der Waals surface area contributed by atoms with Gasteiger partial charge in [-0.15, -0.1) is 0 Å². The van der Waals surface area contributed by atoms with E-state index in [-0.39, 0.29) is 17.6 Å². The predicted octanol–water partition coefficient (Wildman–Crippen LogP) is 1.53. The number of rotatable bonds is 3. The van der Waals surface area contributed by atoms with Crippen LogP contribution in [-0.4, -0.2) is 27.0 Å². The Morgan fingerprint density at radius 2 is 2.00 bits per heavy atom. The summed E-state index contributed by atoms with van der Waals surface area (Å²) in [6, 6.07) is 4.81. The van der Waals surface area contributed by atoms with E-state index in [9.17, 15) is 13.2 Å². The molecule has 6 heteroatoms. The highest BCUT2D eigenvalue weighted by atomic mass is 32.2. The van der Waals surface area contributed by atoms with Gasteiger partial charge in [0.15, 0.2) is 0 Å². The Labute approximate surface area is 119 Å². The van der Waals surface area contributed by atoms with E-state index in [1.165, 1.54) is 6.07 Å². The number of nitrogens with one attached hydrogen (secondary N) is 1. The van der Waals surface area contributed by atoms with Gasteiger partial charge in [0.1, 0.15) is 0 Å². The SMILES string of the molecule is Cc1ccc(S(=O)(=O)NC(=O)C2COC(C)C2)cc1C. The van der Waals surface area contributed by atoms with Crippen molar-refractivity contribution < 1.29 is 17.9 Å². The van der Waals surface area contributed by atoms with E-state index in [1.807, 2.05) is 20.8 Å². The first-order valence-electron chi connectivity index (χ1n) is 6.55. The third kappa shape index (κ3) is 3.19. The van der Waals surface area contributed by atoms with E-state index in [0.717, 1.165) is 11.1 Å². The fourth-order valence-corrected chi connectivity index (χ4v) is 3.28. The molecule has 1 amide bonds. The highest BCUT2D eigenvalue weighted by molar-refractivity contribution is 7.90. The molecule has 1 aromatic rings. The molecule has 110 valence electrons. The molecule has 2 unspecified atom stereocenters. The van der Waals surface area contributed by atoms with Gasteiger partial charge in [-0.25, -0.2) is 13.1 Å². The van der Waals surface area contributed by atoms with Gasteiger partial charge in [-0.05, 0) is 50.5 Å². The second-order valence-corrected chi connectivity index (χ2v) is 6.97. The van der Waals surface area contributed by atoms with Gasteiger partial charge in [0.2, 0.25) is 5.91 Å². The van der Waals surface area contributed by atoms with Crippen molar-refractivity contribution >= 4 is 15.9 Å². The molecule has 0 bridgehead atoms. The summed E-state index contributed by atoms with van der Waals surface area (Å²) in [5, 5.41) is 0. The van der Waals surface area contributed by atoms with Gasteiger partial charge >= 0.3 is 0 Å². The summed E-state index contributed by atoms with van der Waals surface area (Å²) in [6.45, 7) is 5.88. The van der Waals surface area contributed by atoms with Crippen molar-refractivity contribution in [2.75, 3.05) is 6.61 Å². The van der Waals surface area contributed by atoms with Crippen LogP contribution in [0.15, 0.2) is 23.1 Å². The smallest absolute Gasteiger partial charge is 0.264 e. The van der Waals surface area contributed by atoms with Gasteiger partial charge < -0.3 is 4.74 Å². The summed E-state index contributed by atoms with van der Waals surface area (Å²) >= 11 is 0. The van der Waals surface area contributed by atoms with E-state index in [1.54, 1.807) is 12.1 Å². The van der Waals surface area contributed by atoms with E-state index in [4.69, 9.17) is 4.74 Å². The van der Waals surface area contributed by atoms with Crippen LogP contribution in [0.3, 0.4) is 0 Å². The van der Waals surface area contributed by atoms with Crippen molar-refractivity contribution in [3.8, 4) is 0 Å². The van der Waals surface area contributed by atoms with Crippen molar-refractivity contribution in [2.24, 2.45) is 5.92 Å². The largest absolute Gasteiger partial charge is 0.378 e. The molecule has 5 nitrogen and oxygen atoms in total. The van der Waals surface area contributed by atoms with Gasteiger partial charge in [0.05, 0.1) is 23.5 Å². The van der Waals surface area contributed by atoms with Crippen LogP contribution >= 0.6 is 0 Å². The number of ether oxygens (including phenoxy) is 1. The molecule has 0 aliphatic carbocycles. The van der Waals surface area contributed by atoms with E-state index >= 15 is 0 Å². The fourth-order valence-electron chi connectivity index (χ4n) is 2.16. The molecule has 1 aromatic carbocycles. The Morgan fingerprint density at radius 1 is 1.30 bits per heavy atom. The molecule has 2 atom stereocenters. The summed E-state index contributed by atoms with van der Waals surface area (Å²) in [4.78, 5) is 12.1. The van der Waals surface area contributed by atoms with Gasteiger partial charge in [-0.2, -0.15) is 0 Å². The summed E-state index contributed by atoms with van der Waals surface area (Å²) < 4.78 is 31.8. The molecule has 0 radical (unpaired) electrons. The second-order valence-electron chi connectivity index (χ2n) is 5.29. The van der Waals surface area contributed by atoms with Gasteiger partial charge in [0, 0.05) is 0 Å². The fraction of sp³-hybridized carbons (Fsp3) is 0.500. The third-order valence-corrected chi connectivity index (χ3v) is 4.94. The Kier molecular flexibility index (Phi) is 4.15. The average molecular weight is 297 g/mol. The summed E-state index contributed by atoms with van der Waals surface area (Å²) in [5.74, 6) is -0.890. The van der Waals surface area contributed by atoms with Crippen LogP contribution in [0.4, 0.5) is 0 Å². The average Bonchev–Trinajstić information content (AvgIpc) is 2.79. The molecule has 1 aliphatic rings. The number of amides is 1. The number of carbonyl (C=O) groups excluding carboxylic acids is 1. The van der Waals surface area contributed by atoms with Crippen molar-refractivity contribution in [2.45, 2.75) is 38.2 Å². The Hall–Kier alpha value is -1.40. The number of hydrogen-bond donors (Lipinski definition) is 1. The normalized spacial score (nSPS) is 22.8. The number of aryl methyl sites for hydroxylation is 2. The highest BCUT2D eigenvalue weighted by Crippen LogP contribution is 2.20. The minimum Gasteiger partial charge on any atom is -0.378 e. The van der Waals surface area contributed by atoms with Crippen molar-refractivity contribution in [1.29, 1.82) is 0 Å². The van der Waals surface area contributed by atoms with Crippen molar-refractivity contribution in [1.82, 2.24) is 4.72 Å². The number of carbonyl (C=O) groups is 1. The van der Waals surface area contributed by atoms with E-state index in [2.05, 4.69) is 4.72 Å². The highest BCUT2D eigenvalue weighted by Gasteiger charge is 2.31. The minimum atomic E-state index is -3.81. The van der Waals surface area contributed by atoms with E-state index in [0.29, 0.717) is 6.42 Å². The molecular weight excluding hydrogens is 278 g/mol. The first-order chi connectivity index (χ1) is 9.29. The maximum atomic E-state index is 12.2. The third-order valence-electron chi connectivity index (χ3n) is 3.59. The lowest BCUT2D eigenvalue weighted by molar-refractivity contribution is -0.123. The molecule has 0 spiro atoms. The maximum Gasteiger partial charge on any atom is 0.264 e. The summed E-state index contributed by atoms with van der Waals surface area (Å²) in [6.07, 6.45) is 0.545. The number of sulfonamides is 1. The molecule has 1 heterocycles. The molecule has 1 N–H and O–H groups in total. The second kappa shape index (κ2) is 5.54. The monoisotopic (exact) mass is 297 g/mol. The maximum absolute atomic E-state index is 12.2. The number of benzene rings is 1. The van der Waals surface area contributed by atoms with Crippen molar-refractivity contribution in [3.63, 3.8) is 0 Å². The zero-order valence-electron chi connectivity index (χ0n) is 11.8. The van der Waals surface area contributed by atoms with Crippen LogP contribution < -0.4 is 4.72 Å². The van der Waals surface area contributed by atoms with Crippen LogP contribution in [0, 0.1) is 19.8 Å². The lowest BCUT2D eigenvalue weighted by Gasteiger charge is -2.11. The van der Waals surface area contributed by atoms with Gasteiger partial charge in [0.25, 0.3) is 10.0 Å². The van der Waals surface area contributed by atoms with Gasteiger partial charge in [-0.1, -0.05) is 6.07 Å². The van der Waals surface area contributed by atoms with Crippen LogP contribution in [0.25, 0.3) is 0 Å². The molecule has 1 fully saturated rings. The lowest BCUT2D eigenvalue weighted by atomic mass is 10.1. The molecule has 20 heavy (non-hydrogen) atoms. The topological polar surface area (TPSA) is 72.5 Å².